The third kappa shape index (κ3) is 6.35. The Labute approximate surface area is 75.9 Å². The zero-order valence-corrected chi connectivity index (χ0v) is 8.55. The van der Waals surface area contributed by atoms with Gasteiger partial charge in [0, 0.05) is 12.5 Å². The SMILES string of the molecule is CC(C)N(C)CCCCCC=O. The molecule has 2 nitrogen and oxygen atoms in total. The number of nitrogens with zero attached hydrogens (tertiary/aromatic N) is 1. The number of aldehydes is 1. The van der Waals surface area contributed by atoms with Gasteiger partial charge in [-0.2, -0.15) is 0 Å². The van der Waals surface area contributed by atoms with Crippen molar-refractivity contribution in [1.82, 2.24) is 4.90 Å². The summed E-state index contributed by atoms with van der Waals surface area (Å²) >= 11 is 0. The number of carbonyl (C=O) groups is 1. The molecular weight excluding hydrogens is 150 g/mol. The van der Waals surface area contributed by atoms with Gasteiger partial charge in [0.05, 0.1) is 0 Å². The van der Waals surface area contributed by atoms with Crippen molar-refractivity contribution in [1.29, 1.82) is 0 Å². The standard InChI is InChI=1S/C10H21NO/c1-10(2)11(3)8-6-4-5-7-9-12/h9-10H,4-8H2,1-3H3. The van der Waals surface area contributed by atoms with E-state index in [2.05, 4.69) is 25.8 Å². The molecule has 0 radical (unpaired) electrons. The van der Waals surface area contributed by atoms with Crippen molar-refractivity contribution >= 4 is 6.29 Å². The maximum atomic E-state index is 10.00. The summed E-state index contributed by atoms with van der Waals surface area (Å²) < 4.78 is 0. The fourth-order valence-corrected chi connectivity index (χ4v) is 1.02. The molecule has 0 heterocycles. The highest BCUT2D eigenvalue weighted by molar-refractivity contribution is 5.48. The Bertz CT molecular complexity index is 112. The highest BCUT2D eigenvalue weighted by Gasteiger charge is 2.01. The van der Waals surface area contributed by atoms with Gasteiger partial charge in [-0.15, -0.1) is 0 Å². The van der Waals surface area contributed by atoms with Crippen molar-refractivity contribution in [3.63, 3.8) is 0 Å². The van der Waals surface area contributed by atoms with Crippen LogP contribution in [0, 0.1) is 0 Å². The fraction of sp³-hybridized carbons (Fsp3) is 0.900. The molecule has 0 unspecified atom stereocenters. The number of unbranched alkanes of at least 4 members (excludes halogenated alkanes) is 3. The minimum atomic E-state index is 0.635. The van der Waals surface area contributed by atoms with E-state index in [4.69, 9.17) is 0 Å². The quantitative estimate of drug-likeness (QED) is 0.432. The van der Waals surface area contributed by atoms with Crippen LogP contribution in [0.15, 0.2) is 0 Å². The monoisotopic (exact) mass is 171 g/mol. The summed E-state index contributed by atoms with van der Waals surface area (Å²) in [5.74, 6) is 0. The number of rotatable bonds is 7. The molecule has 0 N–H and O–H groups in total. The average molecular weight is 171 g/mol. The van der Waals surface area contributed by atoms with Crippen molar-refractivity contribution in [2.24, 2.45) is 0 Å². The Morgan fingerprint density at radius 1 is 1.25 bits per heavy atom. The lowest BCUT2D eigenvalue weighted by atomic mass is 10.2. The minimum Gasteiger partial charge on any atom is -0.304 e. The molecule has 12 heavy (non-hydrogen) atoms. The lowest BCUT2D eigenvalue weighted by molar-refractivity contribution is -0.107. The predicted octanol–water partition coefficient (Wildman–Crippen LogP) is 2.09. The van der Waals surface area contributed by atoms with E-state index in [1.807, 2.05) is 0 Å². The van der Waals surface area contributed by atoms with E-state index in [0.29, 0.717) is 6.04 Å². The second-order valence-corrected chi connectivity index (χ2v) is 3.59. The van der Waals surface area contributed by atoms with Gasteiger partial charge in [-0.1, -0.05) is 6.42 Å². The molecule has 0 aromatic carbocycles. The molecule has 0 amide bonds. The third-order valence-electron chi connectivity index (χ3n) is 2.21. The molecule has 0 fully saturated rings. The van der Waals surface area contributed by atoms with Crippen molar-refractivity contribution in [3.05, 3.63) is 0 Å². The van der Waals surface area contributed by atoms with Crippen LogP contribution < -0.4 is 0 Å². The summed E-state index contributed by atoms with van der Waals surface area (Å²) in [5, 5.41) is 0. The number of carbonyl (C=O) groups excluding carboxylic acids is 1. The van der Waals surface area contributed by atoms with E-state index in [1.54, 1.807) is 0 Å². The molecule has 0 rings (SSSR count). The topological polar surface area (TPSA) is 20.3 Å². The molecule has 0 aromatic heterocycles. The van der Waals surface area contributed by atoms with Crippen LogP contribution in [-0.4, -0.2) is 30.8 Å². The van der Waals surface area contributed by atoms with Crippen LogP contribution in [-0.2, 0) is 4.79 Å². The van der Waals surface area contributed by atoms with Crippen LogP contribution >= 0.6 is 0 Å². The van der Waals surface area contributed by atoms with Gasteiger partial charge in [0.15, 0.2) is 0 Å². The Kier molecular flexibility index (Phi) is 7.06. The van der Waals surface area contributed by atoms with Crippen molar-refractivity contribution in [3.8, 4) is 0 Å². The molecule has 0 atom stereocenters. The lowest BCUT2D eigenvalue weighted by Crippen LogP contribution is -2.27. The van der Waals surface area contributed by atoms with Crippen LogP contribution in [0.5, 0.6) is 0 Å². The Hall–Kier alpha value is -0.370. The fourth-order valence-electron chi connectivity index (χ4n) is 1.02. The van der Waals surface area contributed by atoms with Crippen LogP contribution in [0.2, 0.25) is 0 Å². The molecule has 0 saturated heterocycles. The lowest BCUT2D eigenvalue weighted by Gasteiger charge is -2.20. The van der Waals surface area contributed by atoms with Crippen LogP contribution in [0.3, 0.4) is 0 Å². The summed E-state index contributed by atoms with van der Waals surface area (Å²) in [5.41, 5.74) is 0. The second-order valence-electron chi connectivity index (χ2n) is 3.59. The third-order valence-corrected chi connectivity index (χ3v) is 2.21. The summed E-state index contributed by atoms with van der Waals surface area (Å²) in [6.07, 6.45) is 5.17. The zero-order chi connectivity index (χ0) is 9.40. The Morgan fingerprint density at radius 2 is 1.92 bits per heavy atom. The van der Waals surface area contributed by atoms with E-state index < -0.39 is 0 Å². The Morgan fingerprint density at radius 3 is 2.42 bits per heavy atom. The molecule has 72 valence electrons. The molecule has 0 saturated carbocycles. The van der Waals surface area contributed by atoms with Gasteiger partial charge >= 0.3 is 0 Å². The first kappa shape index (κ1) is 11.6. The van der Waals surface area contributed by atoms with E-state index >= 15 is 0 Å². The summed E-state index contributed by atoms with van der Waals surface area (Å²) in [4.78, 5) is 12.3. The summed E-state index contributed by atoms with van der Waals surface area (Å²) in [6, 6.07) is 0.635. The van der Waals surface area contributed by atoms with E-state index in [-0.39, 0.29) is 0 Å². The van der Waals surface area contributed by atoms with Gasteiger partial charge in [0.2, 0.25) is 0 Å². The minimum absolute atomic E-state index is 0.635. The molecule has 0 aliphatic rings. The summed E-state index contributed by atoms with van der Waals surface area (Å²) in [7, 11) is 2.14. The van der Waals surface area contributed by atoms with E-state index in [1.165, 1.54) is 12.8 Å². The normalized spacial score (nSPS) is 11.1. The average Bonchev–Trinajstić information content (AvgIpc) is 2.03. The molecule has 0 spiro atoms. The molecule has 0 aliphatic carbocycles. The smallest absolute Gasteiger partial charge is 0.119 e. The largest absolute Gasteiger partial charge is 0.304 e. The first-order chi connectivity index (χ1) is 5.68. The maximum absolute atomic E-state index is 10.00. The van der Waals surface area contributed by atoms with Gasteiger partial charge in [-0.05, 0) is 40.3 Å². The van der Waals surface area contributed by atoms with Crippen LogP contribution in [0.25, 0.3) is 0 Å². The van der Waals surface area contributed by atoms with E-state index in [9.17, 15) is 4.79 Å². The first-order valence-corrected chi connectivity index (χ1v) is 4.82. The van der Waals surface area contributed by atoms with Crippen molar-refractivity contribution in [2.45, 2.75) is 45.6 Å². The van der Waals surface area contributed by atoms with Crippen LogP contribution in [0.1, 0.15) is 39.5 Å². The highest BCUT2D eigenvalue weighted by atomic mass is 16.1. The predicted molar refractivity (Wildman–Crippen MR) is 52.3 cm³/mol. The molecule has 0 aromatic rings. The van der Waals surface area contributed by atoms with Gasteiger partial charge in [0.25, 0.3) is 0 Å². The van der Waals surface area contributed by atoms with Crippen LogP contribution in [0.4, 0.5) is 0 Å². The number of hydrogen-bond acceptors (Lipinski definition) is 2. The van der Waals surface area contributed by atoms with Gasteiger partial charge < -0.3 is 9.69 Å². The summed E-state index contributed by atoms with van der Waals surface area (Å²) in [6.45, 7) is 5.55. The van der Waals surface area contributed by atoms with Gasteiger partial charge in [-0.3, -0.25) is 0 Å². The van der Waals surface area contributed by atoms with Crippen molar-refractivity contribution in [2.75, 3.05) is 13.6 Å². The van der Waals surface area contributed by atoms with E-state index in [0.717, 1.165) is 25.7 Å². The van der Waals surface area contributed by atoms with Gasteiger partial charge in [0.1, 0.15) is 6.29 Å². The van der Waals surface area contributed by atoms with Gasteiger partial charge in [-0.25, -0.2) is 0 Å². The van der Waals surface area contributed by atoms with Crippen molar-refractivity contribution < 1.29 is 4.79 Å². The first-order valence-electron chi connectivity index (χ1n) is 4.82. The maximum Gasteiger partial charge on any atom is 0.119 e. The second kappa shape index (κ2) is 7.29. The zero-order valence-electron chi connectivity index (χ0n) is 8.55. The molecular formula is C10H21NO. The Balaban J connectivity index is 3.13. The number of hydrogen-bond donors (Lipinski definition) is 0. The highest BCUT2D eigenvalue weighted by Crippen LogP contribution is 2.01. The molecule has 2 heteroatoms. The molecule has 0 bridgehead atoms. The molecule has 0 aliphatic heterocycles.